The molecule has 21 heavy (non-hydrogen) atoms. The number of amides is 1. The van der Waals surface area contributed by atoms with Crippen LogP contribution in [0, 0.1) is 10.1 Å². The number of nitro benzene ring substituents is 1. The molecule has 0 aromatic heterocycles. The summed E-state index contributed by atoms with van der Waals surface area (Å²) in [5.74, 6) is -0.260. The lowest BCUT2D eigenvalue weighted by molar-refractivity contribution is -0.383. The number of nitrogens with one attached hydrogen (secondary N) is 1. The monoisotopic (exact) mass is 292 g/mol. The van der Waals surface area contributed by atoms with Crippen LogP contribution >= 0.6 is 0 Å². The fourth-order valence-electron chi connectivity index (χ4n) is 2.58. The van der Waals surface area contributed by atoms with Crippen LogP contribution in [-0.4, -0.2) is 41.9 Å². The zero-order valence-corrected chi connectivity index (χ0v) is 12.3. The maximum Gasteiger partial charge on any atom is 0.292 e. The Morgan fingerprint density at radius 3 is 2.57 bits per heavy atom. The van der Waals surface area contributed by atoms with E-state index in [2.05, 4.69) is 10.2 Å². The number of nitrogens with two attached hydrogens (primary N) is 1. The molecule has 1 amide bonds. The predicted molar refractivity (Wildman–Crippen MR) is 80.1 cm³/mol. The molecule has 7 heteroatoms. The zero-order valence-electron chi connectivity index (χ0n) is 12.3. The highest BCUT2D eigenvalue weighted by atomic mass is 16.6. The van der Waals surface area contributed by atoms with E-state index in [1.807, 2.05) is 14.1 Å². The van der Waals surface area contributed by atoms with Crippen LogP contribution in [0.25, 0.3) is 0 Å². The number of hydrogen-bond acceptors (Lipinski definition) is 5. The van der Waals surface area contributed by atoms with Crippen molar-refractivity contribution in [1.82, 2.24) is 10.2 Å². The van der Waals surface area contributed by atoms with E-state index in [9.17, 15) is 14.9 Å². The van der Waals surface area contributed by atoms with Crippen LogP contribution in [0.4, 0.5) is 11.4 Å². The lowest BCUT2D eigenvalue weighted by Crippen LogP contribution is -2.57. The molecule has 1 fully saturated rings. The number of hydrogen-bond donors (Lipinski definition) is 2. The Balaban J connectivity index is 2.04. The van der Waals surface area contributed by atoms with Crippen molar-refractivity contribution in [2.75, 3.05) is 26.4 Å². The number of carbonyl (C=O) groups excluding carboxylic acids is 1. The summed E-state index contributed by atoms with van der Waals surface area (Å²) in [6, 6.07) is 4.03. The lowest BCUT2D eigenvalue weighted by atomic mass is 9.75. The molecule has 2 rings (SSSR count). The number of carbonyl (C=O) groups is 1. The maximum atomic E-state index is 12.1. The van der Waals surface area contributed by atoms with Crippen molar-refractivity contribution in [1.29, 1.82) is 0 Å². The summed E-state index contributed by atoms with van der Waals surface area (Å²) >= 11 is 0. The summed E-state index contributed by atoms with van der Waals surface area (Å²) in [6.07, 6.45) is 3.28. The van der Waals surface area contributed by atoms with Crippen LogP contribution in [0.2, 0.25) is 0 Å². The summed E-state index contributed by atoms with van der Waals surface area (Å²) in [5.41, 5.74) is 5.78. The maximum absolute atomic E-state index is 12.1. The van der Waals surface area contributed by atoms with Gasteiger partial charge < -0.3 is 16.0 Å². The summed E-state index contributed by atoms with van der Waals surface area (Å²) < 4.78 is 0. The van der Waals surface area contributed by atoms with E-state index in [0.29, 0.717) is 12.1 Å². The standard InChI is InChI=1S/C14H20N4O3/c1-17(2)14(6-3-7-14)9-16-13(19)10-4-5-12(18(20)21)11(15)8-10/h4-5,8H,3,6-7,9,15H2,1-2H3,(H,16,19). The van der Waals surface area contributed by atoms with Gasteiger partial charge in [0.25, 0.3) is 11.6 Å². The molecular formula is C14H20N4O3. The Bertz CT molecular complexity index is 567. The summed E-state index contributed by atoms with van der Waals surface area (Å²) in [4.78, 5) is 24.4. The minimum Gasteiger partial charge on any atom is -0.393 e. The number of benzene rings is 1. The van der Waals surface area contributed by atoms with Crippen molar-refractivity contribution >= 4 is 17.3 Å². The van der Waals surface area contributed by atoms with Gasteiger partial charge in [-0.15, -0.1) is 0 Å². The van der Waals surface area contributed by atoms with Gasteiger partial charge in [-0.2, -0.15) is 0 Å². The quantitative estimate of drug-likeness (QED) is 0.485. The van der Waals surface area contributed by atoms with Crippen LogP contribution in [0.15, 0.2) is 18.2 Å². The Morgan fingerprint density at radius 2 is 2.14 bits per heavy atom. The molecule has 7 nitrogen and oxygen atoms in total. The predicted octanol–water partition coefficient (Wildman–Crippen LogP) is 1.39. The first-order valence-corrected chi connectivity index (χ1v) is 6.85. The molecule has 0 unspecified atom stereocenters. The van der Waals surface area contributed by atoms with Crippen molar-refractivity contribution in [2.24, 2.45) is 0 Å². The minimum absolute atomic E-state index is 0.00128. The normalized spacial score (nSPS) is 16.3. The van der Waals surface area contributed by atoms with Gasteiger partial charge in [0.1, 0.15) is 5.69 Å². The molecule has 1 saturated carbocycles. The highest BCUT2D eigenvalue weighted by Gasteiger charge is 2.39. The van der Waals surface area contributed by atoms with Crippen LogP contribution in [0.5, 0.6) is 0 Å². The van der Waals surface area contributed by atoms with E-state index in [1.165, 1.54) is 24.6 Å². The Labute approximate surface area is 123 Å². The zero-order chi connectivity index (χ0) is 15.6. The molecule has 0 radical (unpaired) electrons. The molecule has 1 aromatic rings. The van der Waals surface area contributed by atoms with E-state index in [1.54, 1.807) is 0 Å². The molecule has 0 aliphatic heterocycles. The molecule has 0 spiro atoms. The fraction of sp³-hybridized carbons (Fsp3) is 0.500. The van der Waals surface area contributed by atoms with E-state index in [0.717, 1.165) is 12.8 Å². The minimum atomic E-state index is -0.563. The van der Waals surface area contributed by atoms with E-state index in [-0.39, 0.29) is 22.8 Å². The molecular weight excluding hydrogens is 272 g/mol. The van der Waals surface area contributed by atoms with Gasteiger partial charge in [-0.05, 0) is 45.5 Å². The van der Waals surface area contributed by atoms with Gasteiger partial charge in [0, 0.05) is 23.7 Å². The summed E-state index contributed by atoms with van der Waals surface area (Å²) in [7, 11) is 4.02. The van der Waals surface area contributed by atoms with Crippen molar-refractivity contribution in [3.63, 3.8) is 0 Å². The van der Waals surface area contributed by atoms with E-state index in [4.69, 9.17) is 5.73 Å². The van der Waals surface area contributed by atoms with Crippen LogP contribution in [-0.2, 0) is 0 Å². The molecule has 1 aliphatic rings. The highest BCUT2D eigenvalue weighted by Crippen LogP contribution is 2.35. The third-order valence-electron chi connectivity index (χ3n) is 4.30. The number of rotatable bonds is 5. The van der Waals surface area contributed by atoms with Crippen molar-refractivity contribution in [3.05, 3.63) is 33.9 Å². The molecule has 0 saturated heterocycles. The largest absolute Gasteiger partial charge is 0.393 e. The average molecular weight is 292 g/mol. The SMILES string of the molecule is CN(C)C1(CNC(=O)c2ccc([N+](=O)[O-])c(N)c2)CCC1. The molecule has 0 heterocycles. The van der Waals surface area contributed by atoms with Gasteiger partial charge in [0.2, 0.25) is 0 Å². The first kappa shape index (κ1) is 15.2. The highest BCUT2D eigenvalue weighted by molar-refractivity contribution is 5.95. The van der Waals surface area contributed by atoms with Crippen molar-refractivity contribution in [2.45, 2.75) is 24.8 Å². The second-order valence-electron chi connectivity index (χ2n) is 5.69. The van der Waals surface area contributed by atoms with E-state index < -0.39 is 4.92 Å². The first-order valence-electron chi connectivity index (χ1n) is 6.85. The van der Waals surface area contributed by atoms with Gasteiger partial charge in [-0.1, -0.05) is 0 Å². The van der Waals surface area contributed by atoms with Crippen LogP contribution in [0.1, 0.15) is 29.6 Å². The molecule has 1 aromatic carbocycles. The second-order valence-corrected chi connectivity index (χ2v) is 5.69. The first-order chi connectivity index (χ1) is 9.85. The van der Waals surface area contributed by atoms with Crippen LogP contribution < -0.4 is 11.1 Å². The molecule has 114 valence electrons. The van der Waals surface area contributed by atoms with Gasteiger partial charge in [-0.25, -0.2) is 0 Å². The van der Waals surface area contributed by atoms with Gasteiger partial charge in [0.05, 0.1) is 4.92 Å². The van der Waals surface area contributed by atoms with Gasteiger partial charge in [0.15, 0.2) is 0 Å². The number of likely N-dealkylation sites (N-methyl/N-ethyl adjacent to an activating group) is 1. The number of nitrogen functional groups attached to an aromatic ring is 1. The fourth-order valence-corrected chi connectivity index (χ4v) is 2.58. The average Bonchev–Trinajstić information content (AvgIpc) is 2.36. The Kier molecular flexibility index (Phi) is 4.13. The third kappa shape index (κ3) is 2.97. The van der Waals surface area contributed by atoms with Gasteiger partial charge in [-0.3, -0.25) is 14.9 Å². The van der Waals surface area contributed by atoms with E-state index >= 15 is 0 Å². The number of nitrogens with zero attached hydrogens (tertiary/aromatic N) is 2. The number of anilines is 1. The van der Waals surface area contributed by atoms with Crippen molar-refractivity contribution in [3.8, 4) is 0 Å². The molecule has 3 N–H and O–H groups in total. The van der Waals surface area contributed by atoms with Crippen LogP contribution in [0.3, 0.4) is 0 Å². The second kappa shape index (κ2) is 5.69. The summed E-state index contributed by atoms with van der Waals surface area (Å²) in [5, 5.41) is 13.6. The number of nitro groups is 1. The summed E-state index contributed by atoms with van der Waals surface area (Å²) in [6.45, 7) is 0.565. The third-order valence-corrected chi connectivity index (χ3v) is 4.30. The van der Waals surface area contributed by atoms with Gasteiger partial charge >= 0.3 is 0 Å². The topological polar surface area (TPSA) is 102 Å². The van der Waals surface area contributed by atoms with Crippen molar-refractivity contribution < 1.29 is 9.72 Å². The molecule has 0 bridgehead atoms. The Hall–Kier alpha value is -2.15. The molecule has 1 aliphatic carbocycles. The molecule has 0 atom stereocenters. The smallest absolute Gasteiger partial charge is 0.292 e. The lowest BCUT2D eigenvalue weighted by Gasteiger charge is -2.47. The Morgan fingerprint density at radius 1 is 1.48 bits per heavy atom.